The van der Waals surface area contributed by atoms with Gasteiger partial charge >= 0.3 is 0 Å². The van der Waals surface area contributed by atoms with Gasteiger partial charge in [0.05, 0.1) is 13.2 Å². The van der Waals surface area contributed by atoms with Crippen molar-refractivity contribution in [2.45, 2.75) is 6.42 Å². The van der Waals surface area contributed by atoms with Gasteiger partial charge in [-0.3, -0.25) is 10.4 Å². The molecule has 0 radical (unpaired) electrons. The van der Waals surface area contributed by atoms with Crippen molar-refractivity contribution in [2.24, 2.45) is 10.8 Å². The van der Waals surface area contributed by atoms with Crippen LogP contribution in [0.2, 0.25) is 0 Å². The normalized spacial score (nSPS) is 11.7. The molecule has 0 aliphatic rings. The van der Waals surface area contributed by atoms with E-state index in [1.165, 1.54) is 0 Å². The SMILES string of the molecule is COCCCN=C(NN)N(CCOC)CCOC. The molecule has 0 fully saturated rings. The van der Waals surface area contributed by atoms with Gasteiger partial charge in [0.25, 0.3) is 0 Å². The minimum Gasteiger partial charge on any atom is -0.385 e. The van der Waals surface area contributed by atoms with Crippen molar-refractivity contribution < 1.29 is 14.2 Å². The second kappa shape index (κ2) is 12.6. The molecule has 7 nitrogen and oxygen atoms in total. The van der Waals surface area contributed by atoms with E-state index in [1.54, 1.807) is 21.3 Å². The number of nitrogens with zero attached hydrogens (tertiary/aromatic N) is 2. The Bertz CT molecular complexity index is 206. The molecule has 0 spiro atoms. The van der Waals surface area contributed by atoms with Crippen LogP contribution >= 0.6 is 0 Å². The first-order valence-electron chi connectivity index (χ1n) is 6.03. The van der Waals surface area contributed by atoms with Gasteiger partial charge in [0, 0.05) is 47.6 Å². The number of hydrogen-bond donors (Lipinski definition) is 2. The summed E-state index contributed by atoms with van der Waals surface area (Å²) in [5.74, 6) is 6.15. The third-order valence-corrected chi connectivity index (χ3v) is 2.33. The Morgan fingerprint density at radius 2 is 1.61 bits per heavy atom. The third-order valence-electron chi connectivity index (χ3n) is 2.33. The molecular weight excluding hydrogens is 236 g/mol. The lowest BCUT2D eigenvalue weighted by Gasteiger charge is -2.25. The lowest BCUT2D eigenvalue weighted by Crippen LogP contribution is -2.47. The number of ether oxygens (including phenoxy) is 3. The van der Waals surface area contributed by atoms with Gasteiger partial charge in [0.1, 0.15) is 0 Å². The molecule has 108 valence electrons. The standard InChI is InChI=1S/C11H26N4O3/c1-16-8-4-5-13-11(14-12)15(6-9-17-2)7-10-18-3/h4-10,12H2,1-3H3,(H,13,14). The summed E-state index contributed by atoms with van der Waals surface area (Å²) in [6.45, 7) is 4.02. The van der Waals surface area contributed by atoms with Crippen molar-refractivity contribution >= 4 is 5.96 Å². The van der Waals surface area contributed by atoms with Gasteiger partial charge in [0.2, 0.25) is 5.96 Å². The second-order valence-corrected chi connectivity index (χ2v) is 3.67. The molecule has 0 amide bonds. The van der Waals surface area contributed by atoms with Gasteiger partial charge < -0.3 is 19.1 Å². The van der Waals surface area contributed by atoms with Crippen LogP contribution in [0.3, 0.4) is 0 Å². The molecule has 0 saturated carbocycles. The van der Waals surface area contributed by atoms with Crippen LogP contribution in [0.15, 0.2) is 4.99 Å². The highest BCUT2D eigenvalue weighted by Crippen LogP contribution is 1.93. The van der Waals surface area contributed by atoms with E-state index in [1.807, 2.05) is 4.90 Å². The summed E-state index contributed by atoms with van der Waals surface area (Å²) in [5.41, 5.74) is 2.62. The smallest absolute Gasteiger partial charge is 0.208 e. The minimum atomic E-state index is 0.614. The van der Waals surface area contributed by atoms with E-state index in [0.717, 1.165) is 6.42 Å². The van der Waals surface area contributed by atoms with Gasteiger partial charge in [-0.2, -0.15) is 0 Å². The number of rotatable bonds is 10. The Morgan fingerprint density at radius 1 is 1.06 bits per heavy atom. The van der Waals surface area contributed by atoms with E-state index < -0.39 is 0 Å². The van der Waals surface area contributed by atoms with E-state index in [-0.39, 0.29) is 0 Å². The molecule has 0 aromatic carbocycles. The third kappa shape index (κ3) is 8.24. The fourth-order valence-corrected chi connectivity index (χ4v) is 1.36. The zero-order chi connectivity index (χ0) is 13.6. The summed E-state index contributed by atoms with van der Waals surface area (Å²) in [7, 11) is 5.01. The molecule has 0 aliphatic carbocycles. The Morgan fingerprint density at radius 3 is 2.06 bits per heavy atom. The van der Waals surface area contributed by atoms with E-state index >= 15 is 0 Å². The van der Waals surface area contributed by atoms with Gasteiger partial charge in [-0.25, -0.2) is 5.84 Å². The fourth-order valence-electron chi connectivity index (χ4n) is 1.36. The lowest BCUT2D eigenvalue weighted by molar-refractivity contribution is 0.144. The predicted octanol–water partition coefficient (Wildman–Crippen LogP) is -0.563. The number of aliphatic imine (C=N–C) groups is 1. The largest absolute Gasteiger partial charge is 0.385 e. The summed E-state index contributed by atoms with van der Waals surface area (Å²) < 4.78 is 15.1. The Balaban J connectivity index is 4.27. The van der Waals surface area contributed by atoms with Crippen LogP contribution in [-0.2, 0) is 14.2 Å². The second-order valence-electron chi connectivity index (χ2n) is 3.67. The van der Waals surface area contributed by atoms with Crippen LogP contribution in [0.5, 0.6) is 0 Å². The average molecular weight is 262 g/mol. The monoisotopic (exact) mass is 262 g/mol. The van der Waals surface area contributed by atoms with Crippen molar-refractivity contribution in [3.8, 4) is 0 Å². The van der Waals surface area contributed by atoms with Crippen LogP contribution in [0, 0.1) is 0 Å². The summed E-state index contributed by atoms with van der Waals surface area (Å²) in [5, 5.41) is 0. The molecule has 0 aromatic heterocycles. The Hall–Kier alpha value is -0.890. The number of hydrazine groups is 1. The molecule has 0 unspecified atom stereocenters. The first kappa shape index (κ1) is 17.1. The number of nitrogens with two attached hydrogens (primary N) is 1. The topological polar surface area (TPSA) is 81.3 Å². The first-order valence-corrected chi connectivity index (χ1v) is 6.03. The average Bonchev–Trinajstić information content (AvgIpc) is 2.40. The zero-order valence-electron chi connectivity index (χ0n) is 11.6. The molecule has 0 aliphatic heterocycles. The number of hydrogen-bond acceptors (Lipinski definition) is 5. The quantitative estimate of drug-likeness (QED) is 0.180. The van der Waals surface area contributed by atoms with Crippen molar-refractivity contribution in [3.05, 3.63) is 0 Å². The lowest BCUT2D eigenvalue weighted by atomic mass is 10.4. The maximum atomic E-state index is 5.50. The van der Waals surface area contributed by atoms with Crippen LogP contribution in [0.1, 0.15) is 6.42 Å². The van der Waals surface area contributed by atoms with Crippen LogP contribution in [0.4, 0.5) is 0 Å². The molecule has 0 aromatic rings. The van der Waals surface area contributed by atoms with E-state index in [0.29, 0.717) is 45.4 Å². The molecule has 0 bridgehead atoms. The summed E-state index contributed by atoms with van der Waals surface area (Å²) in [6, 6.07) is 0. The number of nitrogens with one attached hydrogen (secondary N) is 1. The van der Waals surface area contributed by atoms with E-state index in [9.17, 15) is 0 Å². The first-order chi connectivity index (χ1) is 8.79. The Labute approximate surface area is 109 Å². The molecule has 0 heterocycles. The van der Waals surface area contributed by atoms with Crippen molar-refractivity contribution in [1.82, 2.24) is 10.3 Å². The molecule has 7 heteroatoms. The summed E-state index contributed by atoms with van der Waals surface area (Å²) >= 11 is 0. The molecule has 0 atom stereocenters. The van der Waals surface area contributed by atoms with Crippen molar-refractivity contribution in [3.63, 3.8) is 0 Å². The van der Waals surface area contributed by atoms with Gasteiger partial charge in [-0.05, 0) is 6.42 Å². The molecule has 0 saturated heterocycles. The summed E-state index contributed by atoms with van der Waals surface area (Å²) in [6.07, 6.45) is 0.865. The number of guanidine groups is 1. The molecule has 3 N–H and O–H groups in total. The molecule has 0 rings (SSSR count). The Kier molecular flexibility index (Phi) is 11.9. The zero-order valence-corrected chi connectivity index (χ0v) is 11.6. The highest BCUT2D eigenvalue weighted by Gasteiger charge is 2.09. The molecule has 18 heavy (non-hydrogen) atoms. The van der Waals surface area contributed by atoms with Gasteiger partial charge in [-0.1, -0.05) is 0 Å². The maximum absolute atomic E-state index is 5.50. The van der Waals surface area contributed by atoms with Crippen LogP contribution < -0.4 is 11.3 Å². The minimum absolute atomic E-state index is 0.614. The van der Waals surface area contributed by atoms with Crippen molar-refractivity contribution in [2.75, 3.05) is 60.8 Å². The highest BCUT2D eigenvalue weighted by molar-refractivity contribution is 5.79. The fraction of sp³-hybridized carbons (Fsp3) is 0.909. The van der Waals surface area contributed by atoms with Gasteiger partial charge in [0.15, 0.2) is 0 Å². The van der Waals surface area contributed by atoms with Crippen molar-refractivity contribution in [1.29, 1.82) is 0 Å². The van der Waals surface area contributed by atoms with Crippen LogP contribution in [-0.4, -0.2) is 71.6 Å². The predicted molar refractivity (Wildman–Crippen MR) is 71.4 cm³/mol. The highest BCUT2D eigenvalue weighted by atomic mass is 16.5. The number of methoxy groups -OCH3 is 3. The summed E-state index contributed by atoms with van der Waals surface area (Å²) in [4.78, 5) is 6.40. The van der Waals surface area contributed by atoms with Gasteiger partial charge in [-0.15, -0.1) is 0 Å². The van der Waals surface area contributed by atoms with E-state index in [2.05, 4.69) is 10.4 Å². The van der Waals surface area contributed by atoms with E-state index in [4.69, 9.17) is 20.1 Å². The maximum Gasteiger partial charge on any atom is 0.208 e. The molecular formula is C11H26N4O3. The van der Waals surface area contributed by atoms with Crippen LogP contribution in [0.25, 0.3) is 0 Å².